The van der Waals surface area contributed by atoms with Gasteiger partial charge in [0.15, 0.2) is 0 Å². The molecule has 0 aliphatic heterocycles. The average Bonchev–Trinajstić information content (AvgIpc) is 2.94. The molecule has 0 radical (unpaired) electrons. The summed E-state index contributed by atoms with van der Waals surface area (Å²) in [5, 5.41) is 3.21. The summed E-state index contributed by atoms with van der Waals surface area (Å²) in [5.74, 6) is 0.681. The van der Waals surface area contributed by atoms with Crippen LogP contribution in [0.25, 0.3) is 11.0 Å². The minimum atomic E-state index is 0.681. The Labute approximate surface area is 111 Å². The van der Waals surface area contributed by atoms with Crippen LogP contribution < -0.4 is 5.32 Å². The summed E-state index contributed by atoms with van der Waals surface area (Å²) in [6.07, 6.45) is 7.22. The second-order valence-corrected chi connectivity index (χ2v) is 4.32. The van der Waals surface area contributed by atoms with Crippen LogP contribution in [0.5, 0.6) is 0 Å². The molecule has 0 aliphatic rings. The number of para-hydroxylation sites is 1. The number of benzene rings is 1. The van der Waals surface area contributed by atoms with E-state index < -0.39 is 0 Å². The van der Waals surface area contributed by atoms with Gasteiger partial charge in [0, 0.05) is 18.9 Å². The highest BCUT2D eigenvalue weighted by molar-refractivity contribution is 5.78. The summed E-state index contributed by atoms with van der Waals surface area (Å²) in [6.45, 7) is 0.852. The first-order chi connectivity index (χ1) is 9.43. The fourth-order valence-electron chi connectivity index (χ4n) is 2.10. The van der Waals surface area contributed by atoms with E-state index in [-0.39, 0.29) is 0 Å². The van der Waals surface area contributed by atoms with Crippen molar-refractivity contribution in [2.75, 3.05) is 11.9 Å². The standard InChI is InChI=1S/C14H15N5/c1-4-11(13-12(6-1)18-10-19-13)5-2-7-15-14-16-8-3-9-17-14/h1,3-4,6,8-10H,2,5,7H2,(H,18,19)(H,15,16,17). The number of imidazole rings is 1. The molecule has 5 heteroatoms. The Morgan fingerprint density at radius 1 is 1.05 bits per heavy atom. The third-order valence-electron chi connectivity index (χ3n) is 3.01. The number of aromatic nitrogens is 4. The van der Waals surface area contributed by atoms with Gasteiger partial charge in [-0.25, -0.2) is 15.0 Å². The summed E-state index contributed by atoms with van der Waals surface area (Å²) in [5.41, 5.74) is 3.44. The number of H-pyrrole nitrogens is 1. The lowest BCUT2D eigenvalue weighted by Gasteiger charge is -2.04. The van der Waals surface area contributed by atoms with E-state index in [1.54, 1.807) is 18.7 Å². The Kier molecular flexibility index (Phi) is 3.36. The number of fused-ring (bicyclic) bond motifs is 1. The highest BCUT2D eigenvalue weighted by Crippen LogP contribution is 2.15. The number of nitrogens with one attached hydrogen (secondary N) is 2. The van der Waals surface area contributed by atoms with Crippen LogP contribution >= 0.6 is 0 Å². The van der Waals surface area contributed by atoms with Crippen molar-refractivity contribution in [3.05, 3.63) is 48.5 Å². The van der Waals surface area contributed by atoms with E-state index in [2.05, 4.69) is 37.4 Å². The van der Waals surface area contributed by atoms with Crippen LogP contribution in [0.1, 0.15) is 12.0 Å². The zero-order valence-corrected chi connectivity index (χ0v) is 10.5. The molecule has 0 spiro atoms. The molecular formula is C14H15N5. The smallest absolute Gasteiger partial charge is 0.222 e. The maximum Gasteiger partial charge on any atom is 0.222 e. The molecule has 1 aromatic carbocycles. The molecule has 0 amide bonds. The van der Waals surface area contributed by atoms with Gasteiger partial charge < -0.3 is 10.3 Å². The van der Waals surface area contributed by atoms with Crippen LogP contribution in [0.15, 0.2) is 43.0 Å². The van der Waals surface area contributed by atoms with Gasteiger partial charge in [-0.05, 0) is 30.5 Å². The van der Waals surface area contributed by atoms with Gasteiger partial charge in [-0.1, -0.05) is 12.1 Å². The topological polar surface area (TPSA) is 66.5 Å². The zero-order valence-electron chi connectivity index (χ0n) is 10.5. The predicted molar refractivity (Wildman–Crippen MR) is 74.9 cm³/mol. The van der Waals surface area contributed by atoms with Crippen molar-refractivity contribution < 1.29 is 0 Å². The minimum Gasteiger partial charge on any atom is -0.354 e. The van der Waals surface area contributed by atoms with E-state index >= 15 is 0 Å². The molecule has 0 atom stereocenters. The molecule has 2 N–H and O–H groups in total. The van der Waals surface area contributed by atoms with Crippen LogP contribution in [0, 0.1) is 0 Å². The number of anilines is 1. The maximum atomic E-state index is 4.35. The summed E-state index contributed by atoms with van der Waals surface area (Å²) < 4.78 is 0. The number of rotatable bonds is 5. The van der Waals surface area contributed by atoms with Crippen molar-refractivity contribution in [1.29, 1.82) is 0 Å². The van der Waals surface area contributed by atoms with Crippen molar-refractivity contribution in [1.82, 2.24) is 19.9 Å². The Bertz CT molecular complexity index is 647. The van der Waals surface area contributed by atoms with E-state index in [9.17, 15) is 0 Å². The summed E-state index contributed by atoms with van der Waals surface area (Å²) >= 11 is 0. The van der Waals surface area contributed by atoms with E-state index in [0.29, 0.717) is 5.95 Å². The Hall–Kier alpha value is -2.43. The van der Waals surface area contributed by atoms with Gasteiger partial charge in [-0.2, -0.15) is 0 Å². The number of hydrogen-bond acceptors (Lipinski definition) is 4. The van der Waals surface area contributed by atoms with Gasteiger partial charge in [0.25, 0.3) is 0 Å². The van der Waals surface area contributed by atoms with Crippen LogP contribution in [-0.4, -0.2) is 26.5 Å². The lowest BCUT2D eigenvalue weighted by molar-refractivity contribution is 0.856. The quantitative estimate of drug-likeness (QED) is 0.685. The maximum absolute atomic E-state index is 4.35. The number of aromatic amines is 1. The number of hydrogen-bond donors (Lipinski definition) is 2. The molecular weight excluding hydrogens is 238 g/mol. The fraction of sp³-hybridized carbons (Fsp3) is 0.214. The molecule has 0 saturated heterocycles. The van der Waals surface area contributed by atoms with Crippen LogP contribution in [0.3, 0.4) is 0 Å². The second kappa shape index (κ2) is 5.48. The molecule has 96 valence electrons. The van der Waals surface area contributed by atoms with Gasteiger partial charge in [-0.15, -0.1) is 0 Å². The highest BCUT2D eigenvalue weighted by atomic mass is 15.1. The first kappa shape index (κ1) is 11.6. The second-order valence-electron chi connectivity index (χ2n) is 4.32. The normalized spacial score (nSPS) is 10.7. The Balaban J connectivity index is 1.57. The summed E-state index contributed by atoms with van der Waals surface area (Å²) in [4.78, 5) is 15.7. The fourth-order valence-corrected chi connectivity index (χ4v) is 2.10. The third-order valence-corrected chi connectivity index (χ3v) is 3.01. The highest BCUT2D eigenvalue weighted by Gasteiger charge is 2.02. The minimum absolute atomic E-state index is 0.681. The van der Waals surface area contributed by atoms with Crippen molar-refractivity contribution in [3.63, 3.8) is 0 Å². The molecule has 19 heavy (non-hydrogen) atoms. The molecule has 0 saturated carbocycles. The molecule has 0 unspecified atom stereocenters. The van der Waals surface area contributed by atoms with Crippen molar-refractivity contribution in [3.8, 4) is 0 Å². The van der Waals surface area contributed by atoms with Gasteiger partial charge in [-0.3, -0.25) is 0 Å². The van der Waals surface area contributed by atoms with Crippen molar-refractivity contribution >= 4 is 17.0 Å². The molecule has 3 aromatic rings. The number of nitrogens with zero attached hydrogens (tertiary/aromatic N) is 3. The largest absolute Gasteiger partial charge is 0.354 e. The SMILES string of the molecule is c1cnc(NCCCc2cccc3[nH]cnc23)nc1. The van der Waals surface area contributed by atoms with Crippen LogP contribution in [0.2, 0.25) is 0 Å². The molecule has 3 rings (SSSR count). The lowest BCUT2D eigenvalue weighted by atomic mass is 10.1. The molecule has 2 aromatic heterocycles. The van der Waals surface area contributed by atoms with E-state index in [1.165, 1.54) is 5.56 Å². The molecule has 0 aliphatic carbocycles. The van der Waals surface area contributed by atoms with Gasteiger partial charge in [0.1, 0.15) is 0 Å². The van der Waals surface area contributed by atoms with Gasteiger partial charge >= 0.3 is 0 Å². The first-order valence-electron chi connectivity index (χ1n) is 6.35. The Morgan fingerprint density at radius 3 is 2.84 bits per heavy atom. The van der Waals surface area contributed by atoms with E-state index in [1.807, 2.05) is 12.1 Å². The molecule has 0 bridgehead atoms. The lowest BCUT2D eigenvalue weighted by Crippen LogP contribution is -2.05. The summed E-state index contributed by atoms with van der Waals surface area (Å²) in [7, 11) is 0. The summed E-state index contributed by atoms with van der Waals surface area (Å²) in [6, 6.07) is 8.04. The van der Waals surface area contributed by atoms with Gasteiger partial charge in [0.05, 0.1) is 17.4 Å². The predicted octanol–water partition coefficient (Wildman–Crippen LogP) is 2.40. The van der Waals surface area contributed by atoms with Crippen LogP contribution in [-0.2, 0) is 6.42 Å². The number of aryl methyl sites for hydroxylation is 1. The van der Waals surface area contributed by atoms with E-state index in [4.69, 9.17) is 0 Å². The van der Waals surface area contributed by atoms with Crippen LogP contribution in [0.4, 0.5) is 5.95 Å². The first-order valence-corrected chi connectivity index (χ1v) is 6.35. The van der Waals surface area contributed by atoms with Crippen molar-refractivity contribution in [2.24, 2.45) is 0 Å². The monoisotopic (exact) mass is 253 g/mol. The molecule has 2 heterocycles. The third kappa shape index (κ3) is 2.70. The van der Waals surface area contributed by atoms with E-state index in [0.717, 1.165) is 30.4 Å². The van der Waals surface area contributed by atoms with Crippen molar-refractivity contribution in [2.45, 2.75) is 12.8 Å². The zero-order chi connectivity index (χ0) is 12.9. The Morgan fingerprint density at radius 2 is 1.95 bits per heavy atom. The molecule has 5 nitrogen and oxygen atoms in total. The van der Waals surface area contributed by atoms with Gasteiger partial charge in [0.2, 0.25) is 5.95 Å². The average molecular weight is 253 g/mol. The molecule has 0 fully saturated rings.